The molecule has 0 fully saturated rings. The second-order valence-corrected chi connectivity index (χ2v) is 9.68. The predicted octanol–water partition coefficient (Wildman–Crippen LogP) is 5.50. The highest BCUT2D eigenvalue weighted by atomic mass is 35.5. The second-order valence-electron chi connectivity index (χ2n) is 7.30. The van der Waals surface area contributed by atoms with Gasteiger partial charge in [-0.2, -0.15) is 17.5 Å². The Hall–Kier alpha value is -2.88. The fourth-order valence-electron chi connectivity index (χ4n) is 3.07. The van der Waals surface area contributed by atoms with Crippen molar-refractivity contribution in [3.63, 3.8) is 0 Å². The van der Waals surface area contributed by atoms with Gasteiger partial charge in [-0.15, -0.1) is 0 Å². The van der Waals surface area contributed by atoms with Gasteiger partial charge in [-0.05, 0) is 48.9 Å². The molecule has 0 aliphatic rings. The standard InChI is InChI=1S/C23H20ClF3N2O3S/c1-16-6-8-17(9-7-16)14-29(33(31,32)19-12-10-18(24)11-13-19)15-22(30)28-21-5-3-2-4-20(21)23(25,26)27/h2-13H,14-15H2,1H3,(H,28,30). The maximum Gasteiger partial charge on any atom is 0.418 e. The summed E-state index contributed by atoms with van der Waals surface area (Å²) >= 11 is 5.85. The third-order valence-electron chi connectivity index (χ3n) is 4.76. The van der Waals surface area contributed by atoms with Gasteiger partial charge in [0, 0.05) is 11.6 Å². The highest BCUT2D eigenvalue weighted by molar-refractivity contribution is 7.89. The van der Waals surface area contributed by atoms with E-state index in [4.69, 9.17) is 11.6 Å². The van der Waals surface area contributed by atoms with Crippen molar-refractivity contribution in [2.75, 3.05) is 11.9 Å². The molecule has 0 aromatic heterocycles. The Kier molecular flexibility index (Phi) is 7.46. The summed E-state index contributed by atoms with van der Waals surface area (Å²) in [6.45, 7) is 1.03. The summed E-state index contributed by atoms with van der Waals surface area (Å²) in [5, 5.41) is 2.52. The summed E-state index contributed by atoms with van der Waals surface area (Å²) < 4.78 is 67.2. The molecule has 3 aromatic rings. The largest absolute Gasteiger partial charge is 0.418 e. The lowest BCUT2D eigenvalue weighted by molar-refractivity contribution is -0.137. The Labute approximate surface area is 194 Å². The molecule has 0 saturated heterocycles. The fraction of sp³-hybridized carbons (Fsp3) is 0.174. The minimum absolute atomic E-state index is 0.0949. The zero-order valence-electron chi connectivity index (χ0n) is 17.4. The van der Waals surface area contributed by atoms with Crippen molar-refractivity contribution in [2.45, 2.75) is 24.5 Å². The van der Waals surface area contributed by atoms with Crippen LogP contribution in [0.5, 0.6) is 0 Å². The Morgan fingerprint density at radius 1 is 0.970 bits per heavy atom. The normalized spacial score (nSPS) is 12.1. The minimum atomic E-state index is -4.68. The van der Waals surface area contributed by atoms with Gasteiger partial charge in [-0.3, -0.25) is 4.79 Å². The van der Waals surface area contributed by atoms with Crippen LogP contribution < -0.4 is 5.32 Å². The number of nitrogens with zero attached hydrogens (tertiary/aromatic N) is 1. The van der Waals surface area contributed by atoms with Crippen molar-refractivity contribution in [1.29, 1.82) is 0 Å². The number of hydrogen-bond acceptors (Lipinski definition) is 3. The number of amides is 1. The molecule has 0 radical (unpaired) electrons. The average molecular weight is 497 g/mol. The van der Waals surface area contributed by atoms with Crippen LogP contribution in [0.25, 0.3) is 0 Å². The van der Waals surface area contributed by atoms with Crippen molar-refractivity contribution in [1.82, 2.24) is 4.31 Å². The quantitative estimate of drug-likeness (QED) is 0.470. The lowest BCUT2D eigenvalue weighted by Gasteiger charge is -2.22. The van der Waals surface area contributed by atoms with E-state index in [0.717, 1.165) is 22.0 Å². The Bertz CT molecular complexity index is 1230. The summed E-state index contributed by atoms with van der Waals surface area (Å²) in [6.07, 6.45) is -4.68. The number of para-hydroxylation sites is 1. The number of benzene rings is 3. The first-order valence-corrected chi connectivity index (χ1v) is 11.6. The van der Waals surface area contributed by atoms with Gasteiger partial charge in [0.2, 0.25) is 15.9 Å². The number of aryl methyl sites for hydroxylation is 1. The van der Waals surface area contributed by atoms with Crippen LogP contribution in [0.15, 0.2) is 77.7 Å². The van der Waals surface area contributed by atoms with Gasteiger partial charge < -0.3 is 5.32 Å². The van der Waals surface area contributed by atoms with Crippen LogP contribution in [0, 0.1) is 6.92 Å². The number of rotatable bonds is 7. The molecule has 10 heteroatoms. The highest BCUT2D eigenvalue weighted by Crippen LogP contribution is 2.34. The van der Waals surface area contributed by atoms with Crippen LogP contribution in [-0.2, 0) is 27.5 Å². The lowest BCUT2D eigenvalue weighted by Crippen LogP contribution is -2.37. The van der Waals surface area contributed by atoms with Gasteiger partial charge in [-0.1, -0.05) is 53.6 Å². The number of nitrogens with one attached hydrogen (secondary N) is 1. The number of carbonyl (C=O) groups excluding carboxylic acids is 1. The first-order valence-electron chi connectivity index (χ1n) is 9.74. The first kappa shape index (κ1) is 24.8. The molecule has 3 aromatic carbocycles. The van der Waals surface area contributed by atoms with E-state index in [0.29, 0.717) is 10.6 Å². The smallest absolute Gasteiger partial charge is 0.324 e. The fourth-order valence-corrected chi connectivity index (χ4v) is 4.58. The van der Waals surface area contributed by atoms with Gasteiger partial charge in [0.15, 0.2) is 0 Å². The third-order valence-corrected chi connectivity index (χ3v) is 6.82. The Balaban J connectivity index is 1.90. The minimum Gasteiger partial charge on any atom is -0.324 e. The summed E-state index contributed by atoms with van der Waals surface area (Å²) in [6, 6.07) is 16.9. The molecule has 1 amide bonds. The Morgan fingerprint density at radius 3 is 2.18 bits per heavy atom. The molecule has 1 N–H and O–H groups in total. The molecular formula is C23H20ClF3N2O3S. The van der Waals surface area contributed by atoms with Gasteiger partial charge in [0.05, 0.1) is 22.7 Å². The van der Waals surface area contributed by atoms with Gasteiger partial charge in [0.25, 0.3) is 0 Å². The molecule has 0 aliphatic carbocycles. The lowest BCUT2D eigenvalue weighted by atomic mass is 10.1. The van der Waals surface area contributed by atoms with Crippen LogP contribution in [-0.4, -0.2) is 25.2 Å². The zero-order chi connectivity index (χ0) is 24.2. The van der Waals surface area contributed by atoms with E-state index >= 15 is 0 Å². The maximum atomic E-state index is 13.3. The van der Waals surface area contributed by atoms with Gasteiger partial charge in [-0.25, -0.2) is 8.42 Å². The molecule has 0 spiro atoms. The molecule has 0 atom stereocenters. The SMILES string of the molecule is Cc1ccc(CN(CC(=O)Nc2ccccc2C(F)(F)F)S(=O)(=O)c2ccc(Cl)cc2)cc1. The van der Waals surface area contributed by atoms with Crippen molar-refractivity contribution in [3.05, 3.63) is 94.5 Å². The molecule has 0 unspecified atom stereocenters. The van der Waals surface area contributed by atoms with E-state index in [1.54, 1.807) is 24.3 Å². The number of hydrogen-bond donors (Lipinski definition) is 1. The number of carbonyl (C=O) groups is 1. The van der Waals surface area contributed by atoms with E-state index in [-0.39, 0.29) is 11.4 Å². The number of alkyl halides is 3. The van der Waals surface area contributed by atoms with Crippen LogP contribution in [0.4, 0.5) is 18.9 Å². The van der Waals surface area contributed by atoms with Crippen LogP contribution in [0.2, 0.25) is 5.02 Å². The van der Waals surface area contributed by atoms with Crippen molar-refractivity contribution in [2.24, 2.45) is 0 Å². The monoisotopic (exact) mass is 496 g/mol. The molecule has 0 bridgehead atoms. The van der Waals surface area contributed by atoms with E-state index in [9.17, 15) is 26.4 Å². The third kappa shape index (κ3) is 6.34. The molecular weight excluding hydrogens is 477 g/mol. The van der Waals surface area contributed by atoms with Crippen LogP contribution in [0.3, 0.4) is 0 Å². The summed E-state index contributed by atoms with van der Waals surface area (Å²) in [4.78, 5) is 12.6. The van der Waals surface area contributed by atoms with E-state index < -0.39 is 39.9 Å². The number of sulfonamides is 1. The molecule has 0 aliphatic heterocycles. The molecule has 0 saturated carbocycles. The topological polar surface area (TPSA) is 66.5 Å². The summed E-state index contributed by atoms with van der Waals surface area (Å²) in [5.74, 6) is -0.906. The van der Waals surface area contributed by atoms with E-state index in [2.05, 4.69) is 5.32 Å². The van der Waals surface area contributed by atoms with E-state index in [1.165, 1.54) is 36.4 Å². The summed E-state index contributed by atoms with van der Waals surface area (Å²) in [7, 11) is -4.16. The maximum absolute atomic E-state index is 13.3. The average Bonchev–Trinajstić information content (AvgIpc) is 2.74. The molecule has 3 rings (SSSR count). The van der Waals surface area contributed by atoms with Gasteiger partial charge in [0.1, 0.15) is 0 Å². The number of halogens is 4. The Morgan fingerprint density at radius 2 is 1.58 bits per heavy atom. The van der Waals surface area contributed by atoms with Crippen molar-refractivity contribution in [3.8, 4) is 0 Å². The summed E-state index contributed by atoms with van der Waals surface area (Å²) in [5.41, 5.74) is 0.104. The van der Waals surface area contributed by atoms with E-state index in [1.807, 2.05) is 6.92 Å². The van der Waals surface area contributed by atoms with Crippen molar-refractivity contribution < 1.29 is 26.4 Å². The first-order chi connectivity index (χ1) is 15.5. The molecule has 0 heterocycles. The predicted molar refractivity (Wildman–Crippen MR) is 120 cm³/mol. The number of anilines is 1. The van der Waals surface area contributed by atoms with Gasteiger partial charge >= 0.3 is 6.18 Å². The zero-order valence-corrected chi connectivity index (χ0v) is 19.0. The van der Waals surface area contributed by atoms with Crippen LogP contribution in [0.1, 0.15) is 16.7 Å². The molecule has 174 valence electrons. The van der Waals surface area contributed by atoms with Crippen LogP contribution >= 0.6 is 11.6 Å². The molecule has 33 heavy (non-hydrogen) atoms. The second kappa shape index (κ2) is 9.94. The van der Waals surface area contributed by atoms with Crippen molar-refractivity contribution >= 4 is 33.2 Å². The highest BCUT2D eigenvalue weighted by Gasteiger charge is 2.34. The molecule has 5 nitrogen and oxygen atoms in total.